The lowest BCUT2D eigenvalue weighted by molar-refractivity contribution is 0.339. The van der Waals surface area contributed by atoms with Gasteiger partial charge in [-0.2, -0.15) is 5.10 Å². The smallest absolute Gasteiger partial charge is 0.200 e. The van der Waals surface area contributed by atoms with Crippen LogP contribution in [0.15, 0.2) is 29.5 Å². The molecule has 3 rings (SSSR count). The lowest BCUT2D eigenvalue weighted by Gasteiger charge is -2.22. The number of methoxy groups -OCH3 is 2. The van der Waals surface area contributed by atoms with Gasteiger partial charge < -0.3 is 24.8 Å². The highest BCUT2D eigenvalue weighted by atomic mass is 127. The Morgan fingerprint density at radius 3 is 2.53 bits per heavy atom. The molecule has 1 aromatic heterocycles. The van der Waals surface area contributed by atoms with Crippen molar-refractivity contribution in [3.05, 3.63) is 35.7 Å². The molecule has 1 aliphatic rings. The standard InChI is InChI=1S/C21H31N5O3.HI/c1-5-22-21(23-11-16-9-18(28-3)20(27)19(10-16)29-4)26-7-6-15(14-26)8-17-12-24-25(2)13-17;/h9-10,12-13,15,27H,5-8,11,14H2,1-4H3,(H,22,23);1H. The van der Waals surface area contributed by atoms with Crippen LogP contribution in [0.5, 0.6) is 17.2 Å². The van der Waals surface area contributed by atoms with Gasteiger partial charge in [0.25, 0.3) is 0 Å². The van der Waals surface area contributed by atoms with Crippen molar-refractivity contribution in [3.8, 4) is 17.2 Å². The van der Waals surface area contributed by atoms with Crippen LogP contribution >= 0.6 is 24.0 Å². The zero-order valence-corrected chi connectivity index (χ0v) is 20.4. The van der Waals surface area contributed by atoms with Gasteiger partial charge in [-0.1, -0.05) is 0 Å². The Morgan fingerprint density at radius 2 is 1.97 bits per heavy atom. The molecule has 0 bridgehead atoms. The van der Waals surface area contributed by atoms with E-state index in [2.05, 4.69) is 28.4 Å². The second-order valence-corrected chi connectivity index (χ2v) is 7.35. The van der Waals surface area contributed by atoms with Crippen LogP contribution in [0.25, 0.3) is 0 Å². The number of guanidine groups is 1. The van der Waals surface area contributed by atoms with E-state index in [9.17, 15) is 5.11 Å². The van der Waals surface area contributed by atoms with Crippen LogP contribution < -0.4 is 14.8 Å². The molecule has 30 heavy (non-hydrogen) atoms. The number of phenolic OH excluding ortho intramolecular Hbond substituents is 1. The summed E-state index contributed by atoms with van der Waals surface area (Å²) in [6, 6.07) is 3.58. The molecule has 0 amide bonds. The van der Waals surface area contributed by atoms with Crippen molar-refractivity contribution in [3.63, 3.8) is 0 Å². The molecule has 1 atom stereocenters. The summed E-state index contributed by atoms with van der Waals surface area (Å²) in [4.78, 5) is 7.13. The Morgan fingerprint density at radius 1 is 1.27 bits per heavy atom. The Labute approximate surface area is 195 Å². The summed E-state index contributed by atoms with van der Waals surface area (Å²) in [7, 11) is 5.00. The molecule has 2 aromatic rings. The molecule has 1 unspecified atom stereocenters. The van der Waals surface area contributed by atoms with E-state index < -0.39 is 0 Å². The molecule has 166 valence electrons. The summed E-state index contributed by atoms with van der Waals surface area (Å²) in [6.07, 6.45) is 6.22. The second-order valence-electron chi connectivity index (χ2n) is 7.35. The van der Waals surface area contributed by atoms with Crippen molar-refractivity contribution in [2.75, 3.05) is 33.9 Å². The van der Waals surface area contributed by atoms with E-state index in [1.54, 1.807) is 12.1 Å². The summed E-state index contributed by atoms with van der Waals surface area (Å²) < 4.78 is 12.3. The number of aliphatic imine (C=N–C) groups is 1. The summed E-state index contributed by atoms with van der Waals surface area (Å²) in [5, 5.41) is 17.8. The number of halogens is 1. The molecule has 1 aromatic carbocycles. The topological polar surface area (TPSA) is 84.1 Å². The van der Waals surface area contributed by atoms with Gasteiger partial charge in [-0.25, -0.2) is 4.99 Å². The fourth-order valence-corrected chi connectivity index (χ4v) is 3.73. The molecular weight excluding hydrogens is 497 g/mol. The first-order valence-corrected chi connectivity index (χ1v) is 9.98. The van der Waals surface area contributed by atoms with Gasteiger partial charge in [-0.05, 0) is 48.9 Å². The normalized spacial score (nSPS) is 16.3. The number of benzene rings is 1. The van der Waals surface area contributed by atoms with Gasteiger partial charge in [-0.3, -0.25) is 4.68 Å². The van der Waals surface area contributed by atoms with Gasteiger partial charge in [-0.15, -0.1) is 24.0 Å². The highest BCUT2D eigenvalue weighted by Gasteiger charge is 2.25. The predicted molar refractivity (Wildman–Crippen MR) is 128 cm³/mol. The number of ether oxygens (including phenoxy) is 2. The fraction of sp³-hybridized carbons (Fsp3) is 0.524. The van der Waals surface area contributed by atoms with Gasteiger partial charge in [0.15, 0.2) is 17.5 Å². The monoisotopic (exact) mass is 529 g/mol. The fourth-order valence-electron chi connectivity index (χ4n) is 3.73. The van der Waals surface area contributed by atoms with E-state index in [0.717, 1.165) is 44.0 Å². The van der Waals surface area contributed by atoms with Crippen LogP contribution in [-0.2, 0) is 20.0 Å². The van der Waals surface area contributed by atoms with Crippen molar-refractivity contribution in [1.29, 1.82) is 0 Å². The molecule has 2 N–H and O–H groups in total. The third-order valence-electron chi connectivity index (χ3n) is 5.15. The van der Waals surface area contributed by atoms with Gasteiger partial charge in [0.05, 0.1) is 27.0 Å². The van der Waals surface area contributed by atoms with Gasteiger partial charge >= 0.3 is 0 Å². The minimum atomic E-state index is 0. The Kier molecular flexibility index (Phi) is 9.07. The van der Waals surface area contributed by atoms with Crippen LogP contribution in [0.3, 0.4) is 0 Å². The van der Waals surface area contributed by atoms with E-state index in [-0.39, 0.29) is 29.7 Å². The van der Waals surface area contributed by atoms with E-state index in [1.807, 2.05) is 17.9 Å². The summed E-state index contributed by atoms with van der Waals surface area (Å²) in [6.45, 7) is 5.32. The SMILES string of the molecule is CCNC(=NCc1cc(OC)c(O)c(OC)c1)N1CCC(Cc2cnn(C)c2)C1.I. The van der Waals surface area contributed by atoms with Crippen LogP contribution in [0.2, 0.25) is 0 Å². The van der Waals surface area contributed by atoms with Crippen molar-refractivity contribution in [2.24, 2.45) is 18.0 Å². The first-order chi connectivity index (χ1) is 14.0. The molecule has 1 saturated heterocycles. The van der Waals surface area contributed by atoms with Gasteiger partial charge in [0, 0.05) is 32.9 Å². The maximum atomic E-state index is 10.1. The number of rotatable bonds is 7. The Balaban J connectivity index is 0.00000320. The lowest BCUT2D eigenvalue weighted by Crippen LogP contribution is -2.40. The molecule has 0 radical (unpaired) electrons. The number of aryl methyl sites for hydroxylation is 1. The zero-order valence-electron chi connectivity index (χ0n) is 18.1. The van der Waals surface area contributed by atoms with E-state index in [0.29, 0.717) is 24.0 Å². The molecule has 0 saturated carbocycles. The number of phenols is 1. The number of nitrogens with zero attached hydrogens (tertiary/aromatic N) is 4. The second kappa shape index (κ2) is 11.3. The summed E-state index contributed by atoms with van der Waals surface area (Å²) in [5.41, 5.74) is 2.20. The van der Waals surface area contributed by atoms with E-state index in [1.165, 1.54) is 19.8 Å². The van der Waals surface area contributed by atoms with Crippen LogP contribution in [0.4, 0.5) is 0 Å². The molecule has 2 heterocycles. The molecule has 1 fully saturated rings. The lowest BCUT2D eigenvalue weighted by atomic mass is 10.0. The maximum absolute atomic E-state index is 10.1. The maximum Gasteiger partial charge on any atom is 0.200 e. The largest absolute Gasteiger partial charge is 0.502 e. The number of nitrogens with one attached hydrogen (secondary N) is 1. The summed E-state index contributed by atoms with van der Waals surface area (Å²) >= 11 is 0. The van der Waals surface area contributed by atoms with E-state index >= 15 is 0 Å². The molecule has 1 aliphatic heterocycles. The quantitative estimate of drug-likeness (QED) is 0.326. The molecule has 8 nitrogen and oxygen atoms in total. The van der Waals surface area contributed by atoms with Crippen molar-refractivity contribution in [2.45, 2.75) is 26.3 Å². The third kappa shape index (κ3) is 5.93. The first kappa shape index (κ1) is 24.1. The minimum Gasteiger partial charge on any atom is -0.502 e. The summed E-state index contributed by atoms with van der Waals surface area (Å²) in [5.74, 6) is 2.28. The average molecular weight is 529 g/mol. The van der Waals surface area contributed by atoms with Gasteiger partial charge in [0.1, 0.15) is 0 Å². The number of likely N-dealkylation sites (tertiary alicyclic amines) is 1. The number of aromatic hydroxyl groups is 1. The first-order valence-electron chi connectivity index (χ1n) is 9.98. The minimum absolute atomic E-state index is 0. The average Bonchev–Trinajstić information content (AvgIpc) is 3.35. The number of hydrogen-bond acceptors (Lipinski definition) is 5. The number of hydrogen-bond donors (Lipinski definition) is 2. The van der Waals surface area contributed by atoms with Crippen LogP contribution in [0, 0.1) is 5.92 Å². The molecule has 0 aliphatic carbocycles. The Bertz CT molecular complexity index is 830. The van der Waals surface area contributed by atoms with E-state index in [4.69, 9.17) is 14.5 Å². The number of aromatic nitrogens is 2. The van der Waals surface area contributed by atoms with Crippen LogP contribution in [-0.4, -0.2) is 59.6 Å². The Hall–Kier alpha value is -2.17. The molecular formula is C21H32IN5O3. The van der Waals surface area contributed by atoms with Crippen molar-refractivity contribution in [1.82, 2.24) is 20.0 Å². The van der Waals surface area contributed by atoms with Crippen molar-refractivity contribution >= 4 is 29.9 Å². The highest BCUT2D eigenvalue weighted by Crippen LogP contribution is 2.37. The zero-order chi connectivity index (χ0) is 20.8. The third-order valence-corrected chi connectivity index (χ3v) is 5.15. The molecule has 0 spiro atoms. The predicted octanol–water partition coefficient (Wildman–Crippen LogP) is 2.79. The molecule has 9 heteroatoms. The van der Waals surface area contributed by atoms with Crippen LogP contribution in [0.1, 0.15) is 24.5 Å². The highest BCUT2D eigenvalue weighted by molar-refractivity contribution is 14.0. The van der Waals surface area contributed by atoms with Crippen molar-refractivity contribution < 1.29 is 14.6 Å². The van der Waals surface area contributed by atoms with Gasteiger partial charge in [0.2, 0.25) is 5.75 Å².